The maximum Gasteiger partial charge on any atom is 0.647 e. The van der Waals surface area contributed by atoms with E-state index in [0.29, 0.717) is 24.4 Å². The third kappa shape index (κ3) is 6.43. The second-order valence-electron chi connectivity index (χ2n) is 6.16. The Balaban J connectivity index is 0.00000136. The molecule has 148 valence electrons. The van der Waals surface area contributed by atoms with Gasteiger partial charge in [-0.1, -0.05) is 53.1 Å². The maximum absolute atomic E-state index is 13.3. The fraction of sp³-hybridized carbons (Fsp3) is 0.182. The van der Waals surface area contributed by atoms with Crippen molar-refractivity contribution in [1.29, 1.82) is 0 Å². The lowest BCUT2D eigenvalue weighted by atomic mass is 10.2. The summed E-state index contributed by atoms with van der Waals surface area (Å²) < 4.78 is 39.7. The van der Waals surface area contributed by atoms with Crippen LogP contribution in [0.25, 0.3) is 0 Å². The van der Waals surface area contributed by atoms with Gasteiger partial charge in [0.25, 0.3) is 0 Å². The second kappa shape index (κ2) is 9.95. The highest BCUT2D eigenvalue weighted by Gasteiger charge is 2.33. The highest BCUT2D eigenvalue weighted by Crippen LogP contribution is 2.49. The number of rotatable bonds is 6. The summed E-state index contributed by atoms with van der Waals surface area (Å²) in [6.07, 6.45) is 0. The number of benzene rings is 3. The van der Waals surface area contributed by atoms with Crippen LogP contribution in [0.2, 0.25) is 0 Å². The Labute approximate surface area is 165 Å². The highest BCUT2D eigenvalue weighted by molar-refractivity contribution is 7.49. The molecule has 6 heteroatoms. The zero-order chi connectivity index (χ0) is 20.6. The number of hydrogen-bond donors (Lipinski definition) is 0. The third-order valence-electron chi connectivity index (χ3n) is 3.71. The van der Waals surface area contributed by atoms with E-state index in [4.69, 9.17) is 13.6 Å². The first-order valence-corrected chi connectivity index (χ1v) is 10.1. The summed E-state index contributed by atoms with van der Waals surface area (Å²) >= 11 is 0. The smallest absolute Gasteiger partial charge is 0.386 e. The van der Waals surface area contributed by atoms with Crippen LogP contribution in [0.1, 0.15) is 16.7 Å². The molecular weight excluding hydrogens is 378 g/mol. The van der Waals surface area contributed by atoms with Crippen LogP contribution >= 0.6 is 7.82 Å². The van der Waals surface area contributed by atoms with Crippen molar-refractivity contribution in [2.45, 2.75) is 20.8 Å². The molecule has 0 bridgehead atoms. The quantitative estimate of drug-likeness (QED) is 0.423. The molecule has 0 atom stereocenters. The lowest BCUT2D eigenvalue weighted by molar-refractivity contribution is 0.298. The van der Waals surface area contributed by atoms with E-state index in [-0.39, 0.29) is 0 Å². The Morgan fingerprint density at radius 1 is 0.536 bits per heavy atom. The van der Waals surface area contributed by atoms with Gasteiger partial charge in [0.15, 0.2) is 0 Å². The van der Waals surface area contributed by atoms with Gasteiger partial charge in [-0.15, -0.1) is 0 Å². The zero-order valence-electron chi connectivity index (χ0n) is 16.4. The SMILES string of the molecule is CF.Cc1ccc(OP(=O)(Oc2ccc(C)cc2)Oc2ccc(C)cc2)cc1. The number of phosphoric acid groups is 1. The fourth-order valence-electron chi connectivity index (χ4n) is 2.24. The van der Waals surface area contributed by atoms with E-state index < -0.39 is 7.82 Å². The Kier molecular flexibility index (Phi) is 7.65. The zero-order valence-corrected chi connectivity index (χ0v) is 17.3. The van der Waals surface area contributed by atoms with Gasteiger partial charge in [0, 0.05) is 0 Å². The first-order chi connectivity index (χ1) is 13.4. The van der Waals surface area contributed by atoms with E-state index in [1.807, 2.05) is 57.2 Å². The average Bonchev–Trinajstić information content (AvgIpc) is 2.69. The van der Waals surface area contributed by atoms with Crippen LogP contribution < -0.4 is 13.6 Å². The van der Waals surface area contributed by atoms with Crippen LogP contribution in [-0.4, -0.2) is 7.18 Å². The van der Waals surface area contributed by atoms with Gasteiger partial charge in [-0.3, -0.25) is 4.39 Å². The third-order valence-corrected chi connectivity index (χ3v) is 5.02. The number of alkyl halides is 1. The fourth-order valence-corrected chi connectivity index (χ4v) is 3.49. The van der Waals surface area contributed by atoms with Gasteiger partial charge in [-0.05, 0) is 57.2 Å². The predicted molar refractivity (Wildman–Crippen MR) is 110 cm³/mol. The molecule has 3 rings (SSSR count). The van der Waals surface area contributed by atoms with Crippen molar-refractivity contribution in [3.63, 3.8) is 0 Å². The summed E-state index contributed by atoms with van der Waals surface area (Å²) in [5.41, 5.74) is 3.23. The van der Waals surface area contributed by atoms with Gasteiger partial charge in [0.1, 0.15) is 17.2 Å². The standard InChI is InChI=1S/C21H21O4P.CH3F/c1-16-4-10-19(11-5-16)23-26(22,24-20-12-6-17(2)7-13-20)25-21-14-8-18(3)9-15-21;1-2/h4-15H,1-3H3;1H3. The van der Waals surface area contributed by atoms with Crippen LogP contribution in [0.4, 0.5) is 4.39 Å². The first-order valence-electron chi connectivity index (χ1n) is 8.68. The number of hydrogen-bond acceptors (Lipinski definition) is 4. The van der Waals surface area contributed by atoms with Crippen LogP contribution in [0.5, 0.6) is 17.2 Å². The molecule has 0 aliphatic carbocycles. The molecule has 4 nitrogen and oxygen atoms in total. The Bertz CT molecular complexity index is 784. The molecule has 3 aromatic carbocycles. The monoisotopic (exact) mass is 402 g/mol. The summed E-state index contributed by atoms with van der Waals surface area (Å²) in [7, 11) is -3.43. The molecular formula is C22H24FO4P. The minimum absolute atomic E-state index is 0.415. The second-order valence-corrected chi connectivity index (χ2v) is 7.60. The van der Waals surface area contributed by atoms with Gasteiger partial charge in [0.05, 0.1) is 7.18 Å². The normalized spacial score (nSPS) is 10.5. The Morgan fingerprint density at radius 2 is 0.750 bits per heavy atom. The van der Waals surface area contributed by atoms with Crippen LogP contribution in [-0.2, 0) is 4.57 Å². The van der Waals surface area contributed by atoms with Crippen LogP contribution in [0.3, 0.4) is 0 Å². The molecule has 0 N–H and O–H groups in total. The first kappa shape index (κ1) is 21.5. The van der Waals surface area contributed by atoms with E-state index in [2.05, 4.69) is 0 Å². The van der Waals surface area contributed by atoms with Crippen LogP contribution in [0, 0.1) is 20.8 Å². The molecule has 0 aromatic heterocycles. The topological polar surface area (TPSA) is 44.8 Å². The van der Waals surface area contributed by atoms with Crippen molar-refractivity contribution in [3.05, 3.63) is 89.5 Å². The Morgan fingerprint density at radius 3 is 0.964 bits per heavy atom. The lowest BCUT2D eigenvalue weighted by Gasteiger charge is -2.19. The molecule has 0 spiro atoms. The highest BCUT2D eigenvalue weighted by atomic mass is 31.2. The summed E-state index contributed by atoms with van der Waals surface area (Å²) in [5, 5.41) is 0. The molecule has 0 radical (unpaired) electrons. The molecule has 0 heterocycles. The van der Waals surface area contributed by atoms with Crippen molar-refractivity contribution < 1.29 is 22.5 Å². The van der Waals surface area contributed by atoms with Crippen molar-refractivity contribution in [2.75, 3.05) is 7.18 Å². The summed E-state index contributed by atoms with van der Waals surface area (Å²) in [5.74, 6) is 1.24. The van der Waals surface area contributed by atoms with Crippen molar-refractivity contribution in [2.24, 2.45) is 0 Å². The molecule has 28 heavy (non-hydrogen) atoms. The van der Waals surface area contributed by atoms with E-state index in [1.54, 1.807) is 36.4 Å². The minimum Gasteiger partial charge on any atom is -0.386 e. The number of phosphoric ester groups is 1. The minimum atomic E-state index is -3.93. The Hall–Kier alpha value is -2.78. The summed E-state index contributed by atoms with van der Waals surface area (Å²) in [4.78, 5) is 0. The van der Waals surface area contributed by atoms with Gasteiger partial charge < -0.3 is 13.6 Å². The van der Waals surface area contributed by atoms with E-state index in [0.717, 1.165) is 16.7 Å². The van der Waals surface area contributed by atoms with E-state index in [9.17, 15) is 8.96 Å². The van der Waals surface area contributed by atoms with Crippen LogP contribution in [0.15, 0.2) is 72.8 Å². The van der Waals surface area contributed by atoms with E-state index >= 15 is 0 Å². The van der Waals surface area contributed by atoms with Gasteiger partial charge in [0.2, 0.25) is 0 Å². The largest absolute Gasteiger partial charge is 0.647 e. The van der Waals surface area contributed by atoms with Gasteiger partial charge >= 0.3 is 7.82 Å². The van der Waals surface area contributed by atoms with Crippen molar-refractivity contribution in [3.8, 4) is 17.2 Å². The molecule has 0 aliphatic heterocycles. The molecule has 0 aliphatic rings. The summed E-state index contributed by atoms with van der Waals surface area (Å²) in [6, 6.07) is 21.6. The molecule has 0 unspecified atom stereocenters. The molecule has 3 aromatic rings. The van der Waals surface area contributed by atoms with Crippen molar-refractivity contribution >= 4 is 7.82 Å². The van der Waals surface area contributed by atoms with Gasteiger partial charge in [-0.2, -0.15) is 4.57 Å². The molecule has 0 saturated carbocycles. The average molecular weight is 402 g/mol. The molecule has 0 saturated heterocycles. The number of halogens is 1. The predicted octanol–water partition coefficient (Wildman–Crippen LogP) is 6.84. The van der Waals surface area contributed by atoms with E-state index in [1.165, 1.54) is 0 Å². The molecule has 0 amide bonds. The van der Waals surface area contributed by atoms with Crippen molar-refractivity contribution in [1.82, 2.24) is 0 Å². The maximum atomic E-state index is 13.3. The molecule has 0 fully saturated rings. The number of aryl methyl sites for hydroxylation is 3. The van der Waals surface area contributed by atoms with Gasteiger partial charge in [-0.25, -0.2) is 0 Å². The summed E-state index contributed by atoms with van der Waals surface area (Å²) in [6.45, 7) is 5.90. The lowest BCUT2D eigenvalue weighted by Crippen LogP contribution is -2.07.